The Bertz CT molecular complexity index is 1120. The first-order chi connectivity index (χ1) is 12.7. The predicted octanol–water partition coefficient (Wildman–Crippen LogP) is 5.94. The number of rotatable bonds is 4. The van der Waals surface area contributed by atoms with Crippen LogP contribution < -0.4 is 4.90 Å². The molecule has 1 amide bonds. The van der Waals surface area contributed by atoms with Gasteiger partial charge in [-0.25, -0.2) is 4.98 Å². The minimum Gasteiger partial charge on any atom is -0.304 e. The molecule has 26 heavy (non-hydrogen) atoms. The zero-order chi connectivity index (χ0) is 18.1. The topological polar surface area (TPSA) is 33.2 Å². The smallest absolute Gasteiger partial charge is 0.268 e. The van der Waals surface area contributed by atoms with Crippen molar-refractivity contribution in [3.05, 3.63) is 83.3 Å². The van der Waals surface area contributed by atoms with Gasteiger partial charge in [0.15, 0.2) is 0 Å². The number of hydrogen-bond donors (Lipinski definition) is 0. The van der Waals surface area contributed by atoms with Crippen molar-refractivity contribution < 1.29 is 4.79 Å². The molecule has 0 atom stereocenters. The molecule has 5 heteroatoms. The highest BCUT2D eigenvalue weighted by Crippen LogP contribution is 2.36. The molecule has 0 aliphatic carbocycles. The maximum atomic E-state index is 13.2. The van der Waals surface area contributed by atoms with Crippen LogP contribution in [0.2, 0.25) is 5.15 Å². The molecule has 0 spiro atoms. The summed E-state index contributed by atoms with van der Waals surface area (Å²) in [4.78, 5) is 20.0. The normalized spacial score (nSPS) is 11.0. The summed E-state index contributed by atoms with van der Waals surface area (Å²) in [6.07, 6.45) is 1.72. The number of benzene rings is 2. The van der Waals surface area contributed by atoms with E-state index in [-0.39, 0.29) is 5.91 Å². The van der Waals surface area contributed by atoms with Gasteiger partial charge in [0.05, 0.1) is 10.4 Å². The van der Waals surface area contributed by atoms with E-state index in [0.717, 1.165) is 26.7 Å². The van der Waals surface area contributed by atoms with Crippen molar-refractivity contribution in [3.8, 4) is 0 Å². The number of aromatic nitrogens is 1. The molecule has 128 valence electrons. The molecule has 0 aliphatic rings. The quantitative estimate of drug-likeness (QED) is 0.325. The third-order valence-corrected chi connectivity index (χ3v) is 5.60. The first-order valence-electron chi connectivity index (χ1n) is 8.14. The molecule has 0 aliphatic heterocycles. The summed E-state index contributed by atoms with van der Waals surface area (Å²) in [5, 5.41) is 2.24. The van der Waals surface area contributed by atoms with E-state index in [9.17, 15) is 4.79 Å². The van der Waals surface area contributed by atoms with Crippen molar-refractivity contribution in [2.24, 2.45) is 0 Å². The summed E-state index contributed by atoms with van der Waals surface area (Å²) >= 11 is 7.81. The van der Waals surface area contributed by atoms with Crippen molar-refractivity contribution in [1.29, 1.82) is 0 Å². The maximum Gasteiger partial charge on any atom is 0.268 e. The lowest BCUT2D eigenvalue weighted by atomic mass is 10.2. The lowest BCUT2D eigenvalue weighted by Crippen LogP contribution is -2.30. The number of anilines is 1. The van der Waals surface area contributed by atoms with Crippen LogP contribution in [0.5, 0.6) is 0 Å². The predicted molar refractivity (Wildman–Crippen MR) is 110 cm³/mol. The van der Waals surface area contributed by atoms with Gasteiger partial charge in [-0.1, -0.05) is 54.1 Å². The Morgan fingerprint density at radius 1 is 1.12 bits per heavy atom. The van der Waals surface area contributed by atoms with E-state index in [1.54, 1.807) is 11.0 Å². The van der Waals surface area contributed by atoms with Crippen LogP contribution in [0.4, 0.5) is 5.69 Å². The molecule has 3 nitrogen and oxygen atoms in total. The van der Waals surface area contributed by atoms with Gasteiger partial charge in [0.25, 0.3) is 5.91 Å². The van der Waals surface area contributed by atoms with Gasteiger partial charge in [0.1, 0.15) is 5.15 Å². The Kier molecular flexibility index (Phi) is 4.45. The molecule has 4 rings (SSSR count). The van der Waals surface area contributed by atoms with Crippen LogP contribution in [0.25, 0.3) is 21.0 Å². The Morgan fingerprint density at radius 2 is 1.85 bits per heavy atom. The van der Waals surface area contributed by atoms with E-state index in [4.69, 9.17) is 11.6 Å². The Morgan fingerprint density at radius 3 is 2.62 bits per heavy atom. The Labute approximate surface area is 160 Å². The Hall–Kier alpha value is -2.69. The lowest BCUT2D eigenvalue weighted by molar-refractivity contribution is 0.0993. The van der Waals surface area contributed by atoms with Gasteiger partial charge in [0, 0.05) is 27.7 Å². The summed E-state index contributed by atoms with van der Waals surface area (Å²) in [5.74, 6) is -0.0718. The largest absolute Gasteiger partial charge is 0.304 e. The number of fused-ring (bicyclic) bond motifs is 3. The molecule has 4 aromatic rings. The lowest BCUT2D eigenvalue weighted by Gasteiger charge is -2.20. The molecular weight excluding hydrogens is 364 g/mol. The third kappa shape index (κ3) is 2.87. The second-order valence-corrected chi connectivity index (χ2v) is 7.22. The average molecular weight is 379 g/mol. The van der Waals surface area contributed by atoms with Crippen LogP contribution in [-0.4, -0.2) is 17.4 Å². The zero-order valence-corrected chi connectivity index (χ0v) is 15.4. The summed E-state index contributed by atoms with van der Waals surface area (Å²) < 4.78 is 0.982. The van der Waals surface area contributed by atoms with Crippen LogP contribution >= 0.6 is 22.9 Å². The van der Waals surface area contributed by atoms with Gasteiger partial charge in [0.2, 0.25) is 0 Å². The first-order valence-corrected chi connectivity index (χ1v) is 9.34. The fraction of sp³-hybridized carbons (Fsp3) is 0.0476. The molecule has 2 aromatic carbocycles. The fourth-order valence-corrected chi connectivity index (χ4v) is 4.39. The van der Waals surface area contributed by atoms with Crippen molar-refractivity contribution in [3.63, 3.8) is 0 Å². The van der Waals surface area contributed by atoms with Crippen molar-refractivity contribution in [1.82, 2.24) is 4.98 Å². The molecule has 0 bridgehead atoms. The zero-order valence-electron chi connectivity index (χ0n) is 13.9. The highest BCUT2D eigenvalue weighted by atomic mass is 35.5. The Balaban J connectivity index is 1.85. The van der Waals surface area contributed by atoms with E-state index < -0.39 is 0 Å². The van der Waals surface area contributed by atoms with Crippen LogP contribution in [0.15, 0.2) is 73.3 Å². The van der Waals surface area contributed by atoms with Crippen LogP contribution in [-0.2, 0) is 0 Å². The van der Waals surface area contributed by atoms with Gasteiger partial charge in [-0.15, -0.1) is 17.9 Å². The molecule has 0 unspecified atom stereocenters. The number of para-hydroxylation sites is 2. The molecular formula is C21H15ClN2OS. The minimum absolute atomic E-state index is 0.0718. The number of halogens is 1. The number of carbonyl (C=O) groups excluding carboxylic acids is 1. The van der Waals surface area contributed by atoms with Gasteiger partial charge in [-0.05, 0) is 24.3 Å². The molecule has 0 saturated heterocycles. The molecule has 2 heterocycles. The van der Waals surface area contributed by atoms with Gasteiger partial charge in [-0.3, -0.25) is 4.79 Å². The number of amides is 1. The number of thiophene rings is 1. The first kappa shape index (κ1) is 16.8. The average Bonchev–Trinajstić information content (AvgIpc) is 3.13. The van der Waals surface area contributed by atoms with Crippen LogP contribution in [0.3, 0.4) is 0 Å². The van der Waals surface area contributed by atoms with E-state index in [2.05, 4.69) is 11.6 Å². The van der Waals surface area contributed by atoms with Gasteiger partial charge >= 0.3 is 0 Å². The summed E-state index contributed by atoms with van der Waals surface area (Å²) in [5.41, 5.74) is 1.67. The monoisotopic (exact) mass is 378 g/mol. The fourth-order valence-electron chi connectivity index (χ4n) is 2.95. The molecule has 2 aromatic heterocycles. The maximum absolute atomic E-state index is 13.2. The SMILES string of the molecule is C=CCN(C(=O)c1cc2c(Cl)nc3ccccc3c2s1)c1ccccc1. The van der Waals surface area contributed by atoms with E-state index in [0.29, 0.717) is 16.6 Å². The van der Waals surface area contributed by atoms with Gasteiger partial charge < -0.3 is 4.90 Å². The van der Waals surface area contributed by atoms with Gasteiger partial charge in [-0.2, -0.15) is 0 Å². The molecule has 0 saturated carbocycles. The van der Waals surface area contributed by atoms with E-state index >= 15 is 0 Å². The van der Waals surface area contributed by atoms with Crippen molar-refractivity contribution in [2.45, 2.75) is 0 Å². The summed E-state index contributed by atoms with van der Waals surface area (Å²) in [6.45, 7) is 4.21. The highest BCUT2D eigenvalue weighted by molar-refractivity contribution is 7.22. The standard InChI is InChI=1S/C21H15ClN2OS/c1-2-12-24(14-8-4-3-5-9-14)21(25)18-13-16-19(26-18)15-10-6-7-11-17(15)23-20(16)22/h2-11,13H,1,12H2. The summed E-state index contributed by atoms with van der Waals surface area (Å²) in [6, 6.07) is 19.2. The number of carbonyl (C=O) groups is 1. The van der Waals surface area contributed by atoms with Crippen LogP contribution in [0.1, 0.15) is 9.67 Å². The number of pyridine rings is 1. The summed E-state index contributed by atoms with van der Waals surface area (Å²) in [7, 11) is 0. The van der Waals surface area contributed by atoms with Crippen molar-refractivity contribution >= 4 is 55.5 Å². The second-order valence-electron chi connectivity index (χ2n) is 5.81. The number of nitrogens with zero attached hydrogens (tertiary/aromatic N) is 2. The van der Waals surface area contributed by atoms with E-state index in [1.165, 1.54) is 11.3 Å². The molecule has 0 radical (unpaired) electrons. The second kappa shape index (κ2) is 6.90. The number of hydrogen-bond acceptors (Lipinski definition) is 3. The highest BCUT2D eigenvalue weighted by Gasteiger charge is 2.21. The minimum atomic E-state index is -0.0718. The molecule has 0 fully saturated rings. The van der Waals surface area contributed by atoms with E-state index in [1.807, 2.05) is 60.7 Å². The third-order valence-electron chi connectivity index (χ3n) is 4.16. The molecule has 0 N–H and O–H groups in total. The van der Waals surface area contributed by atoms with Crippen molar-refractivity contribution in [2.75, 3.05) is 11.4 Å². The van der Waals surface area contributed by atoms with Crippen LogP contribution in [0, 0.1) is 0 Å².